The minimum atomic E-state index is -0.621. The van der Waals surface area contributed by atoms with E-state index in [2.05, 4.69) is 45.4 Å². The van der Waals surface area contributed by atoms with Crippen molar-refractivity contribution in [2.45, 2.75) is 30.6 Å². The molecule has 0 bridgehead atoms. The Balaban J connectivity index is 1.62. The Labute approximate surface area is 151 Å². The highest BCUT2D eigenvalue weighted by molar-refractivity contribution is 7.80. The SMILES string of the molecule is CC(S)c1ccc(N2CCC[C@@](O)(CN3CCN(C)CC3)C2)cn1. The number of piperazine rings is 1. The first kappa shape index (κ1) is 18.0. The highest BCUT2D eigenvalue weighted by Gasteiger charge is 2.35. The van der Waals surface area contributed by atoms with Crippen molar-refractivity contribution in [2.75, 3.05) is 57.8 Å². The van der Waals surface area contributed by atoms with Gasteiger partial charge in [-0.05, 0) is 38.9 Å². The van der Waals surface area contributed by atoms with E-state index in [1.54, 1.807) is 0 Å². The number of thiol groups is 1. The first-order chi connectivity index (χ1) is 11.5. The molecule has 2 aliphatic heterocycles. The van der Waals surface area contributed by atoms with Crippen LogP contribution in [0.25, 0.3) is 0 Å². The van der Waals surface area contributed by atoms with Gasteiger partial charge in [-0.3, -0.25) is 9.88 Å². The van der Waals surface area contributed by atoms with Gasteiger partial charge in [-0.1, -0.05) is 0 Å². The first-order valence-corrected chi connectivity index (χ1v) is 9.49. The molecule has 1 aromatic rings. The number of aromatic nitrogens is 1. The molecule has 5 nitrogen and oxygen atoms in total. The molecule has 0 aromatic carbocycles. The van der Waals surface area contributed by atoms with Crippen LogP contribution in [0.3, 0.4) is 0 Å². The monoisotopic (exact) mass is 350 g/mol. The zero-order chi connectivity index (χ0) is 17.2. The Hall–Kier alpha value is -0.820. The number of aliphatic hydroxyl groups is 1. The number of rotatable bonds is 4. The molecule has 2 aliphatic rings. The number of piperidine rings is 1. The minimum Gasteiger partial charge on any atom is -0.387 e. The van der Waals surface area contributed by atoms with Crippen molar-refractivity contribution in [3.63, 3.8) is 0 Å². The van der Waals surface area contributed by atoms with Crippen molar-refractivity contribution < 1.29 is 5.11 Å². The van der Waals surface area contributed by atoms with Gasteiger partial charge >= 0.3 is 0 Å². The van der Waals surface area contributed by atoms with Gasteiger partial charge in [0.2, 0.25) is 0 Å². The summed E-state index contributed by atoms with van der Waals surface area (Å²) in [6.45, 7) is 8.76. The zero-order valence-corrected chi connectivity index (χ0v) is 15.8. The number of β-amino-alcohol motifs (C(OH)–C–C–N with tert-alkyl or cyclic N) is 1. The van der Waals surface area contributed by atoms with Crippen molar-refractivity contribution in [3.8, 4) is 0 Å². The van der Waals surface area contributed by atoms with Crippen LogP contribution in [0.1, 0.15) is 30.7 Å². The molecule has 0 aliphatic carbocycles. The second-order valence-corrected chi connectivity index (χ2v) is 8.22. The van der Waals surface area contributed by atoms with E-state index in [1.807, 2.05) is 19.2 Å². The van der Waals surface area contributed by atoms with Crippen LogP contribution in [-0.4, -0.2) is 78.4 Å². The maximum Gasteiger partial charge on any atom is 0.0948 e. The second-order valence-electron chi connectivity index (χ2n) is 7.45. The van der Waals surface area contributed by atoms with E-state index in [0.717, 1.165) is 63.5 Å². The number of hydrogen-bond donors (Lipinski definition) is 2. The molecule has 0 radical (unpaired) electrons. The Kier molecular flexibility index (Phi) is 5.70. The molecule has 24 heavy (non-hydrogen) atoms. The average molecular weight is 351 g/mol. The van der Waals surface area contributed by atoms with Crippen molar-refractivity contribution >= 4 is 18.3 Å². The van der Waals surface area contributed by atoms with Crippen LogP contribution in [0, 0.1) is 0 Å². The maximum atomic E-state index is 11.1. The Morgan fingerprint density at radius 3 is 2.62 bits per heavy atom. The van der Waals surface area contributed by atoms with Gasteiger partial charge < -0.3 is 14.9 Å². The summed E-state index contributed by atoms with van der Waals surface area (Å²) >= 11 is 4.43. The highest BCUT2D eigenvalue weighted by Crippen LogP contribution is 2.28. The fraction of sp³-hybridized carbons (Fsp3) is 0.722. The standard InChI is InChI=1S/C18H30N4OS/c1-15(24)17-5-4-16(12-19-17)22-7-3-6-18(23,14-22)13-21-10-8-20(2)9-11-21/h4-5,12,15,23-24H,3,6-11,13-14H2,1-2H3/t15?,18-/m1/s1. The van der Waals surface area contributed by atoms with Gasteiger partial charge in [0, 0.05) is 51.1 Å². The average Bonchev–Trinajstić information content (AvgIpc) is 2.57. The lowest BCUT2D eigenvalue weighted by molar-refractivity contribution is -0.0172. The number of anilines is 1. The summed E-state index contributed by atoms with van der Waals surface area (Å²) in [6, 6.07) is 4.15. The van der Waals surface area contributed by atoms with Gasteiger partial charge in [-0.25, -0.2) is 0 Å². The molecule has 1 aromatic heterocycles. The third-order valence-corrected chi connectivity index (χ3v) is 5.50. The molecule has 134 valence electrons. The van der Waals surface area contributed by atoms with Crippen molar-refractivity contribution in [1.29, 1.82) is 0 Å². The molecule has 1 N–H and O–H groups in total. The largest absolute Gasteiger partial charge is 0.387 e. The topological polar surface area (TPSA) is 42.8 Å². The summed E-state index contributed by atoms with van der Waals surface area (Å²) in [5, 5.41) is 11.3. The van der Waals surface area contributed by atoms with Crippen LogP contribution in [0.4, 0.5) is 5.69 Å². The highest BCUT2D eigenvalue weighted by atomic mass is 32.1. The number of pyridine rings is 1. The third kappa shape index (κ3) is 4.42. The lowest BCUT2D eigenvalue weighted by atomic mass is 9.91. The van der Waals surface area contributed by atoms with E-state index >= 15 is 0 Å². The summed E-state index contributed by atoms with van der Waals surface area (Å²) < 4.78 is 0. The minimum absolute atomic E-state index is 0.148. The van der Waals surface area contributed by atoms with Gasteiger partial charge in [0.15, 0.2) is 0 Å². The van der Waals surface area contributed by atoms with E-state index in [0.29, 0.717) is 6.54 Å². The molecule has 3 rings (SSSR count). The summed E-state index contributed by atoms with van der Waals surface area (Å²) in [5.41, 5.74) is 1.47. The predicted molar refractivity (Wildman–Crippen MR) is 102 cm³/mol. The van der Waals surface area contributed by atoms with Crippen molar-refractivity contribution in [1.82, 2.24) is 14.8 Å². The molecule has 6 heteroatoms. The molecule has 3 heterocycles. The van der Waals surface area contributed by atoms with E-state index in [9.17, 15) is 5.11 Å². The Morgan fingerprint density at radius 1 is 1.25 bits per heavy atom. The van der Waals surface area contributed by atoms with E-state index < -0.39 is 5.60 Å². The predicted octanol–water partition coefficient (Wildman–Crippen LogP) is 1.65. The summed E-state index contributed by atoms with van der Waals surface area (Å²) in [6.07, 6.45) is 3.83. The van der Waals surface area contributed by atoms with Gasteiger partial charge in [-0.15, -0.1) is 0 Å². The van der Waals surface area contributed by atoms with Crippen LogP contribution in [0.2, 0.25) is 0 Å². The van der Waals surface area contributed by atoms with E-state index in [-0.39, 0.29) is 5.25 Å². The van der Waals surface area contributed by atoms with Crippen LogP contribution in [0.15, 0.2) is 18.3 Å². The zero-order valence-electron chi connectivity index (χ0n) is 14.9. The van der Waals surface area contributed by atoms with Crippen molar-refractivity contribution in [2.24, 2.45) is 0 Å². The molecule has 2 fully saturated rings. The van der Waals surface area contributed by atoms with Gasteiger partial charge in [0.1, 0.15) is 0 Å². The normalized spacial score (nSPS) is 28.1. The molecule has 0 saturated carbocycles. The number of nitrogens with zero attached hydrogens (tertiary/aromatic N) is 4. The number of likely N-dealkylation sites (N-methyl/N-ethyl adjacent to an activating group) is 1. The molecule has 0 spiro atoms. The smallest absolute Gasteiger partial charge is 0.0948 e. The Morgan fingerprint density at radius 2 is 2.00 bits per heavy atom. The first-order valence-electron chi connectivity index (χ1n) is 8.97. The molecular weight excluding hydrogens is 320 g/mol. The fourth-order valence-corrected chi connectivity index (χ4v) is 3.87. The summed E-state index contributed by atoms with van der Waals surface area (Å²) in [5.74, 6) is 0. The number of hydrogen-bond acceptors (Lipinski definition) is 6. The van der Waals surface area contributed by atoms with Crippen LogP contribution in [0.5, 0.6) is 0 Å². The fourth-order valence-electron chi connectivity index (χ4n) is 3.72. The third-order valence-electron chi connectivity index (χ3n) is 5.23. The quantitative estimate of drug-likeness (QED) is 0.809. The molecule has 0 amide bonds. The Bertz CT molecular complexity index is 530. The molecular formula is C18H30N4OS. The van der Waals surface area contributed by atoms with E-state index in [4.69, 9.17) is 0 Å². The van der Waals surface area contributed by atoms with Crippen LogP contribution < -0.4 is 4.90 Å². The lowest BCUT2D eigenvalue weighted by Gasteiger charge is -2.44. The lowest BCUT2D eigenvalue weighted by Crippen LogP contribution is -2.57. The van der Waals surface area contributed by atoms with Gasteiger partial charge in [0.05, 0.1) is 23.2 Å². The molecule has 2 saturated heterocycles. The summed E-state index contributed by atoms with van der Waals surface area (Å²) in [4.78, 5) is 11.5. The van der Waals surface area contributed by atoms with Gasteiger partial charge in [-0.2, -0.15) is 12.6 Å². The second kappa shape index (κ2) is 7.60. The molecule has 1 unspecified atom stereocenters. The summed E-state index contributed by atoms with van der Waals surface area (Å²) in [7, 11) is 2.16. The van der Waals surface area contributed by atoms with Gasteiger partial charge in [0.25, 0.3) is 0 Å². The van der Waals surface area contributed by atoms with Crippen molar-refractivity contribution in [3.05, 3.63) is 24.0 Å². The van der Waals surface area contributed by atoms with Crippen LogP contribution >= 0.6 is 12.6 Å². The van der Waals surface area contributed by atoms with Crippen LogP contribution in [-0.2, 0) is 0 Å². The molecule has 2 atom stereocenters. The van der Waals surface area contributed by atoms with E-state index in [1.165, 1.54) is 0 Å². The maximum absolute atomic E-state index is 11.1.